The average Bonchev–Trinajstić information content (AvgIpc) is 3.34. The summed E-state index contributed by atoms with van der Waals surface area (Å²) in [7, 11) is 0. The first-order chi connectivity index (χ1) is 19.6. The molecule has 11 heteroatoms. The number of benzene rings is 2. The first-order valence-corrected chi connectivity index (χ1v) is 13.5. The fourth-order valence-electron chi connectivity index (χ4n) is 4.92. The van der Waals surface area contributed by atoms with Gasteiger partial charge in [0.15, 0.2) is 5.82 Å². The maximum absolute atomic E-state index is 14.7. The van der Waals surface area contributed by atoms with Gasteiger partial charge in [-0.2, -0.15) is 5.10 Å². The van der Waals surface area contributed by atoms with Crippen LogP contribution in [0.3, 0.4) is 0 Å². The number of aromatic nitrogens is 3. The van der Waals surface area contributed by atoms with Gasteiger partial charge in [-0.1, -0.05) is 37.1 Å². The summed E-state index contributed by atoms with van der Waals surface area (Å²) in [6.45, 7) is 3.48. The zero-order valence-corrected chi connectivity index (χ0v) is 23.1. The summed E-state index contributed by atoms with van der Waals surface area (Å²) in [5, 5.41) is 19.6. The Balaban J connectivity index is 1.50. The van der Waals surface area contributed by atoms with Gasteiger partial charge in [-0.15, -0.1) is 0 Å². The smallest absolute Gasteiger partial charge is 0.335 e. The maximum Gasteiger partial charge on any atom is 0.335 e. The molecular formula is C30H27ClFN5O4. The molecule has 5 rings (SSSR count). The lowest BCUT2D eigenvalue weighted by Crippen LogP contribution is -2.30. The molecule has 3 heterocycles. The molecule has 210 valence electrons. The number of fused-ring (bicyclic) bond motifs is 4. The van der Waals surface area contributed by atoms with Gasteiger partial charge in [-0.05, 0) is 61.7 Å². The number of anilines is 1. The van der Waals surface area contributed by atoms with E-state index < -0.39 is 23.7 Å². The van der Waals surface area contributed by atoms with Gasteiger partial charge in [0.1, 0.15) is 5.69 Å². The van der Waals surface area contributed by atoms with Crippen LogP contribution in [-0.2, 0) is 4.79 Å². The molecule has 1 aliphatic heterocycles. The first-order valence-electron chi connectivity index (χ1n) is 13.1. The third-order valence-electron chi connectivity index (χ3n) is 7.27. The Bertz CT molecular complexity index is 1670. The predicted octanol–water partition coefficient (Wildman–Crippen LogP) is 5.96. The second-order valence-corrected chi connectivity index (χ2v) is 10.4. The third kappa shape index (κ3) is 5.69. The Morgan fingerprint density at radius 2 is 1.98 bits per heavy atom. The van der Waals surface area contributed by atoms with E-state index in [0.717, 1.165) is 0 Å². The van der Waals surface area contributed by atoms with Gasteiger partial charge in [-0.25, -0.2) is 13.9 Å². The van der Waals surface area contributed by atoms with Crippen LogP contribution in [0.15, 0.2) is 60.9 Å². The SMILES string of the molecule is Cc1c(C(=O)N[C@H]2CCC[C@@H](C)C(=O)Nc3cc(C(=O)O)ccc3-c3ccnc2c3)cnn1-c1cccc(Cl)c1F. The van der Waals surface area contributed by atoms with Crippen molar-refractivity contribution in [3.63, 3.8) is 0 Å². The van der Waals surface area contributed by atoms with Crippen LogP contribution >= 0.6 is 11.6 Å². The standard InChI is InChI=1S/C30H27ClFN5O4/c1-16-5-3-7-23(35-29(39)21-15-34-37(17(21)2)26-8-4-6-22(31)27(26)32)25-13-18(11-12-33-25)20-10-9-19(30(40)41)14-24(20)36-28(16)38/h4,6,8-16,23H,3,5,7H2,1-2H3,(H,35,39)(H,36,38)(H,40,41)/t16-,23+/m1/s1. The molecule has 2 atom stereocenters. The molecule has 4 aromatic rings. The summed E-state index contributed by atoms with van der Waals surface area (Å²) >= 11 is 5.94. The lowest BCUT2D eigenvalue weighted by molar-refractivity contribution is -0.119. The van der Waals surface area contributed by atoms with Crippen molar-refractivity contribution >= 4 is 35.1 Å². The molecule has 0 spiro atoms. The molecule has 41 heavy (non-hydrogen) atoms. The molecule has 9 nitrogen and oxygen atoms in total. The molecule has 2 amide bonds. The van der Waals surface area contributed by atoms with Gasteiger partial charge >= 0.3 is 5.97 Å². The van der Waals surface area contributed by atoms with Crippen molar-refractivity contribution in [3.05, 3.63) is 94.3 Å². The number of amides is 2. The molecule has 1 aliphatic rings. The van der Waals surface area contributed by atoms with E-state index in [1.165, 1.54) is 35.1 Å². The van der Waals surface area contributed by atoms with Crippen LogP contribution in [0.1, 0.15) is 64.3 Å². The Labute approximate surface area is 240 Å². The van der Waals surface area contributed by atoms with Crippen LogP contribution in [0.2, 0.25) is 5.02 Å². The van der Waals surface area contributed by atoms with Crippen LogP contribution in [0.25, 0.3) is 16.8 Å². The monoisotopic (exact) mass is 575 g/mol. The van der Waals surface area contributed by atoms with E-state index in [1.807, 2.05) is 6.07 Å². The molecule has 0 radical (unpaired) electrons. The number of carbonyl (C=O) groups is 3. The summed E-state index contributed by atoms with van der Waals surface area (Å²) in [6, 6.07) is 12.2. The van der Waals surface area contributed by atoms with E-state index in [4.69, 9.17) is 11.6 Å². The van der Waals surface area contributed by atoms with Crippen LogP contribution in [-0.4, -0.2) is 37.7 Å². The van der Waals surface area contributed by atoms with Crippen LogP contribution in [0, 0.1) is 18.7 Å². The fraction of sp³-hybridized carbons (Fsp3) is 0.233. The molecule has 0 aliphatic carbocycles. The van der Waals surface area contributed by atoms with Gasteiger partial charge in [0.05, 0.1) is 39.8 Å². The number of hydrogen-bond acceptors (Lipinski definition) is 5. The van der Waals surface area contributed by atoms with Crippen molar-refractivity contribution in [3.8, 4) is 16.8 Å². The topological polar surface area (TPSA) is 126 Å². The Morgan fingerprint density at radius 3 is 2.76 bits per heavy atom. The van der Waals surface area contributed by atoms with E-state index >= 15 is 0 Å². The van der Waals surface area contributed by atoms with Gasteiger partial charge in [0.2, 0.25) is 5.91 Å². The van der Waals surface area contributed by atoms with Crippen molar-refractivity contribution in [2.75, 3.05) is 5.32 Å². The van der Waals surface area contributed by atoms with Gasteiger partial charge in [0.25, 0.3) is 5.91 Å². The Hall–Kier alpha value is -4.57. The van der Waals surface area contributed by atoms with Crippen molar-refractivity contribution in [1.82, 2.24) is 20.1 Å². The number of rotatable bonds is 4. The van der Waals surface area contributed by atoms with Gasteiger partial charge in [-0.3, -0.25) is 14.6 Å². The largest absolute Gasteiger partial charge is 0.478 e. The predicted molar refractivity (Wildman–Crippen MR) is 152 cm³/mol. The lowest BCUT2D eigenvalue weighted by Gasteiger charge is -2.22. The highest BCUT2D eigenvalue weighted by Crippen LogP contribution is 2.33. The highest BCUT2D eigenvalue weighted by molar-refractivity contribution is 6.30. The number of nitrogens with one attached hydrogen (secondary N) is 2. The minimum atomic E-state index is -1.10. The second kappa shape index (κ2) is 11.5. The summed E-state index contributed by atoms with van der Waals surface area (Å²) in [6.07, 6.45) is 4.66. The van der Waals surface area contributed by atoms with Gasteiger partial charge < -0.3 is 15.7 Å². The molecule has 0 saturated carbocycles. The van der Waals surface area contributed by atoms with E-state index in [1.54, 1.807) is 38.2 Å². The van der Waals surface area contributed by atoms with Crippen LogP contribution < -0.4 is 10.6 Å². The molecule has 3 N–H and O–H groups in total. The molecular weight excluding hydrogens is 549 g/mol. The minimum Gasteiger partial charge on any atom is -0.478 e. The van der Waals surface area contributed by atoms with E-state index in [0.29, 0.717) is 47.5 Å². The lowest BCUT2D eigenvalue weighted by atomic mass is 9.95. The average molecular weight is 576 g/mol. The molecule has 0 unspecified atom stereocenters. The summed E-state index contributed by atoms with van der Waals surface area (Å²) in [5.74, 6) is -2.72. The number of carboxylic acid groups (broad SMARTS) is 1. The fourth-order valence-corrected chi connectivity index (χ4v) is 5.08. The number of aromatic carboxylic acids is 1. The Morgan fingerprint density at radius 1 is 1.17 bits per heavy atom. The molecule has 2 aromatic carbocycles. The minimum absolute atomic E-state index is 0.0498. The van der Waals surface area contributed by atoms with Crippen molar-refractivity contribution in [1.29, 1.82) is 0 Å². The highest BCUT2D eigenvalue weighted by Gasteiger charge is 2.25. The van der Waals surface area contributed by atoms with Gasteiger partial charge in [0, 0.05) is 23.4 Å². The van der Waals surface area contributed by atoms with Crippen molar-refractivity contribution in [2.45, 2.75) is 39.2 Å². The number of nitrogens with zero attached hydrogens (tertiary/aromatic N) is 3. The Kier molecular flexibility index (Phi) is 7.85. The van der Waals surface area contributed by atoms with Crippen LogP contribution in [0.5, 0.6) is 0 Å². The highest BCUT2D eigenvalue weighted by atomic mass is 35.5. The van der Waals surface area contributed by atoms with Crippen molar-refractivity contribution < 1.29 is 23.9 Å². The number of pyridine rings is 1. The van der Waals surface area contributed by atoms with E-state index in [-0.39, 0.29) is 33.7 Å². The zero-order chi connectivity index (χ0) is 29.3. The summed E-state index contributed by atoms with van der Waals surface area (Å²) < 4.78 is 16.0. The number of carboxylic acids is 1. The first kappa shape index (κ1) is 28.0. The second-order valence-electron chi connectivity index (χ2n) is 10.0. The maximum atomic E-state index is 14.7. The molecule has 2 bridgehead atoms. The van der Waals surface area contributed by atoms with Crippen LogP contribution in [0.4, 0.5) is 10.1 Å². The van der Waals surface area contributed by atoms with E-state index in [9.17, 15) is 23.9 Å². The van der Waals surface area contributed by atoms with Crippen molar-refractivity contribution in [2.24, 2.45) is 5.92 Å². The third-order valence-corrected chi connectivity index (χ3v) is 7.56. The number of carbonyl (C=O) groups excluding carboxylic acids is 2. The normalized spacial score (nSPS) is 17.0. The van der Waals surface area contributed by atoms with E-state index in [2.05, 4.69) is 20.7 Å². The zero-order valence-electron chi connectivity index (χ0n) is 22.3. The number of halogens is 2. The summed E-state index contributed by atoms with van der Waals surface area (Å²) in [5.41, 5.74) is 3.22. The summed E-state index contributed by atoms with van der Waals surface area (Å²) in [4.78, 5) is 42.6. The quantitative estimate of drug-likeness (QED) is 0.275. The molecule has 2 aromatic heterocycles. The molecule has 0 fully saturated rings. The number of hydrogen-bond donors (Lipinski definition) is 3. The molecule has 0 saturated heterocycles.